The molecule has 0 fully saturated rings. The van der Waals surface area contributed by atoms with Crippen molar-refractivity contribution >= 4 is 11.6 Å². The molecule has 0 bridgehead atoms. The molecule has 0 aliphatic rings. The molecule has 0 saturated carbocycles. The van der Waals surface area contributed by atoms with Crippen molar-refractivity contribution in [1.82, 2.24) is 9.97 Å². The third kappa shape index (κ3) is 5.02. The van der Waals surface area contributed by atoms with E-state index >= 15 is 0 Å². The highest BCUT2D eigenvalue weighted by molar-refractivity contribution is 6.30. The molecule has 1 aromatic heterocycles. The van der Waals surface area contributed by atoms with Gasteiger partial charge in [0, 0.05) is 35.3 Å². The van der Waals surface area contributed by atoms with Gasteiger partial charge >= 0.3 is 0 Å². The molecule has 152 valence electrons. The third-order valence-corrected chi connectivity index (χ3v) is 5.73. The molecule has 0 unspecified atom stereocenters. The van der Waals surface area contributed by atoms with Gasteiger partial charge in [0.05, 0.1) is 0 Å². The van der Waals surface area contributed by atoms with Crippen LogP contribution in [0.2, 0.25) is 5.02 Å². The Hall–Kier alpha value is -3.41. The van der Waals surface area contributed by atoms with E-state index in [1.54, 1.807) is 0 Å². The second kappa shape index (κ2) is 9.16. The Morgan fingerprint density at radius 2 is 1.52 bits per heavy atom. The summed E-state index contributed by atoms with van der Waals surface area (Å²) in [5.41, 5.74) is 9.25. The average Bonchev–Trinajstić information content (AvgIpc) is 2.77. The van der Waals surface area contributed by atoms with Crippen LogP contribution in [-0.2, 0) is 12.8 Å². The zero-order valence-electron chi connectivity index (χ0n) is 17.7. The number of nitrogens with zero attached hydrogens (tertiary/aromatic N) is 2. The number of aromatic nitrogens is 2. The maximum atomic E-state index is 6.03. The van der Waals surface area contributed by atoms with Crippen LogP contribution in [0.3, 0.4) is 0 Å². The summed E-state index contributed by atoms with van der Waals surface area (Å²) in [5, 5.41) is 0.750. The SMILES string of the molecule is C#Cc1ccc(Cc2nccc(Cc3c(C)cc(-c4ccc(Cl)cc4)cc3C)n2)cc1. The minimum atomic E-state index is 0.687. The molecular formula is C28H23ClN2. The van der Waals surface area contributed by atoms with Crippen LogP contribution in [0.4, 0.5) is 0 Å². The smallest absolute Gasteiger partial charge is 0.132 e. The highest BCUT2D eigenvalue weighted by Crippen LogP contribution is 2.27. The van der Waals surface area contributed by atoms with Gasteiger partial charge in [-0.05, 0) is 77.6 Å². The molecule has 0 atom stereocenters. The predicted molar refractivity (Wildman–Crippen MR) is 128 cm³/mol. The van der Waals surface area contributed by atoms with Gasteiger partial charge in [0.25, 0.3) is 0 Å². The van der Waals surface area contributed by atoms with Crippen molar-refractivity contribution in [3.8, 4) is 23.5 Å². The van der Waals surface area contributed by atoms with Gasteiger partial charge < -0.3 is 0 Å². The zero-order valence-corrected chi connectivity index (χ0v) is 18.4. The lowest BCUT2D eigenvalue weighted by Crippen LogP contribution is -2.03. The summed E-state index contributed by atoms with van der Waals surface area (Å²) in [5.74, 6) is 3.46. The number of hydrogen-bond donors (Lipinski definition) is 0. The number of rotatable bonds is 5. The molecule has 4 rings (SSSR count). The van der Waals surface area contributed by atoms with Crippen LogP contribution in [0.15, 0.2) is 72.9 Å². The number of hydrogen-bond acceptors (Lipinski definition) is 2. The Kier molecular flexibility index (Phi) is 6.16. The monoisotopic (exact) mass is 422 g/mol. The van der Waals surface area contributed by atoms with Crippen LogP contribution in [0.25, 0.3) is 11.1 Å². The molecule has 0 N–H and O–H groups in total. The second-order valence-electron chi connectivity index (χ2n) is 7.75. The largest absolute Gasteiger partial charge is 0.241 e. The lowest BCUT2D eigenvalue weighted by atomic mass is 9.93. The van der Waals surface area contributed by atoms with Gasteiger partial charge in [-0.2, -0.15) is 0 Å². The van der Waals surface area contributed by atoms with Crippen LogP contribution in [0.1, 0.15) is 39.3 Å². The number of terminal acetylenes is 1. The molecule has 1 heterocycles. The fourth-order valence-electron chi connectivity index (χ4n) is 3.79. The third-order valence-electron chi connectivity index (χ3n) is 5.48. The molecule has 0 saturated heterocycles. The summed E-state index contributed by atoms with van der Waals surface area (Å²) >= 11 is 6.03. The molecule has 3 heteroatoms. The van der Waals surface area contributed by atoms with E-state index in [0.717, 1.165) is 34.1 Å². The van der Waals surface area contributed by atoms with Crippen LogP contribution in [0, 0.1) is 26.2 Å². The van der Waals surface area contributed by atoms with Crippen LogP contribution < -0.4 is 0 Å². The lowest BCUT2D eigenvalue weighted by Gasteiger charge is -2.13. The first-order valence-corrected chi connectivity index (χ1v) is 10.6. The van der Waals surface area contributed by atoms with Crippen molar-refractivity contribution in [2.24, 2.45) is 0 Å². The second-order valence-corrected chi connectivity index (χ2v) is 8.19. The van der Waals surface area contributed by atoms with E-state index in [1.165, 1.54) is 27.8 Å². The van der Waals surface area contributed by atoms with E-state index in [1.807, 2.05) is 48.7 Å². The Labute approximate surface area is 189 Å². The Balaban J connectivity index is 1.55. The molecule has 4 aromatic rings. The molecule has 3 aromatic carbocycles. The fraction of sp³-hybridized carbons (Fsp3) is 0.143. The standard InChI is InChI=1S/C28H23ClN2/c1-4-21-5-7-22(8-6-21)17-28-30-14-13-26(31-28)18-27-19(2)15-24(16-20(27)3)23-9-11-25(29)12-10-23/h1,5-16H,17-18H2,2-3H3. The topological polar surface area (TPSA) is 25.8 Å². The van der Waals surface area contributed by atoms with Crippen molar-refractivity contribution in [2.75, 3.05) is 0 Å². The van der Waals surface area contributed by atoms with Gasteiger partial charge in [-0.15, -0.1) is 6.42 Å². The molecule has 0 radical (unpaired) electrons. The predicted octanol–water partition coefficient (Wildman–Crippen LogP) is 6.58. The van der Waals surface area contributed by atoms with Crippen molar-refractivity contribution in [3.05, 3.63) is 117 Å². The normalized spacial score (nSPS) is 10.6. The maximum Gasteiger partial charge on any atom is 0.132 e. The lowest BCUT2D eigenvalue weighted by molar-refractivity contribution is 0.912. The Morgan fingerprint density at radius 3 is 2.16 bits per heavy atom. The van der Waals surface area contributed by atoms with Crippen molar-refractivity contribution in [2.45, 2.75) is 26.7 Å². The average molecular weight is 423 g/mol. The van der Waals surface area contributed by atoms with Gasteiger partial charge in [-0.1, -0.05) is 53.9 Å². The summed E-state index contributed by atoms with van der Waals surface area (Å²) in [6.45, 7) is 4.33. The van der Waals surface area contributed by atoms with Gasteiger partial charge in [0.2, 0.25) is 0 Å². The number of halogens is 1. The minimum absolute atomic E-state index is 0.687. The molecule has 0 aliphatic heterocycles. The molecule has 0 amide bonds. The van der Waals surface area contributed by atoms with Crippen molar-refractivity contribution < 1.29 is 0 Å². The van der Waals surface area contributed by atoms with E-state index < -0.39 is 0 Å². The zero-order chi connectivity index (χ0) is 21.8. The number of benzene rings is 3. The van der Waals surface area contributed by atoms with Gasteiger partial charge in [0.1, 0.15) is 5.82 Å². The quantitative estimate of drug-likeness (QED) is 0.339. The molecule has 0 spiro atoms. The minimum Gasteiger partial charge on any atom is -0.241 e. The fourth-order valence-corrected chi connectivity index (χ4v) is 3.91. The highest BCUT2D eigenvalue weighted by Gasteiger charge is 2.10. The summed E-state index contributed by atoms with van der Waals surface area (Å²) < 4.78 is 0. The summed E-state index contributed by atoms with van der Waals surface area (Å²) in [7, 11) is 0. The molecule has 31 heavy (non-hydrogen) atoms. The summed E-state index contributed by atoms with van der Waals surface area (Å²) in [6.07, 6.45) is 8.75. The summed E-state index contributed by atoms with van der Waals surface area (Å²) in [4.78, 5) is 9.27. The molecule has 0 aliphatic carbocycles. The van der Waals surface area contributed by atoms with Crippen LogP contribution >= 0.6 is 11.6 Å². The van der Waals surface area contributed by atoms with Crippen LogP contribution in [0.5, 0.6) is 0 Å². The van der Waals surface area contributed by atoms with E-state index in [4.69, 9.17) is 23.0 Å². The van der Waals surface area contributed by atoms with Gasteiger partial charge in [-0.25, -0.2) is 9.97 Å². The van der Waals surface area contributed by atoms with Crippen LogP contribution in [-0.4, -0.2) is 9.97 Å². The molecular weight excluding hydrogens is 400 g/mol. The van der Waals surface area contributed by atoms with Gasteiger partial charge in [-0.3, -0.25) is 0 Å². The first kappa shape index (κ1) is 20.8. The first-order valence-electron chi connectivity index (χ1n) is 10.2. The van der Waals surface area contributed by atoms with E-state index in [0.29, 0.717) is 6.42 Å². The van der Waals surface area contributed by atoms with Gasteiger partial charge in [0.15, 0.2) is 0 Å². The Morgan fingerprint density at radius 1 is 0.839 bits per heavy atom. The number of aryl methyl sites for hydroxylation is 2. The highest BCUT2D eigenvalue weighted by atomic mass is 35.5. The van der Waals surface area contributed by atoms with E-state index in [2.05, 4.69) is 49.0 Å². The Bertz CT molecular complexity index is 1230. The van der Waals surface area contributed by atoms with Crippen molar-refractivity contribution in [1.29, 1.82) is 0 Å². The van der Waals surface area contributed by atoms with E-state index in [-0.39, 0.29) is 0 Å². The molecule has 2 nitrogen and oxygen atoms in total. The van der Waals surface area contributed by atoms with E-state index in [9.17, 15) is 0 Å². The maximum absolute atomic E-state index is 6.03. The van der Waals surface area contributed by atoms with Crippen molar-refractivity contribution in [3.63, 3.8) is 0 Å². The summed E-state index contributed by atoms with van der Waals surface area (Å²) in [6, 6.07) is 22.4. The first-order chi connectivity index (χ1) is 15.0.